The van der Waals surface area contributed by atoms with E-state index in [-0.39, 0.29) is 12.5 Å². The predicted molar refractivity (Wildman–Crippen MR) is 79.2 cm³/mol. The zero-order chi connectivity index (χ0) is 15.2. The van der Waals surface area contributed by atoms with Crippen LogP contribution in [0.15, 0.2) is 36.9 Å². The van der Waals surface area contributed by atoms with Crippen LogP contribution in [0.5, 0.6) is 0 Å². The first kappa shape index (κ1) is 15.2. The fourth-order valence-electron chi connectivity index (χ4n) is 2.06. The van der Waals surface area contributed by atoms with Gasteiger partial charge in [0.25, 0.3) is 5.91 Å². The Balaban J connectivity index is 1.91. The molecule has 0 saturated heterocycles. The summed E-state index contributed by atoms with van der Waals surface area (Å²) in [6.07, 6.45) is 3.35. The fraction of sp³-hybridized carbons (Fsp3) is 0.400. The van der Waals surface area contributed by atoms with Crippen molar-refractivity contribution in [3.05, 3.63) is 42.5 Å². The average Bonchev–Trinajstić information content (AvgIpc) is 2.98. The Kier molecular flexibility index (Phi) is 5.05. The van der Waals surface area contributed by atoms with Crippen LogP contribution in [0.3, 0.4) is 0 Å². The molecule has 1 heterocycles. The van der Waals surface area contributed by atoms with E-state index in [9.17, 15) is 9.90 Å². The fourth-order valence-corrected chi connectivity index (χ4v) is 2.06. The maximum absolute atomic E-state index is 12.0. The van der Waals surface area contributed by atoms with Crippen molar-refractivity contribution in [3.8, 4) is 5.69 Å². The van der Waals surface area contributed by atoms with Crippen molar-refractivity contribution < 1.29 is 9.90 Å². The second-order valence-corrected chi connectivity index (χ2v) is 5.41. The number of aliphatic hydroxyl groups is 1. The molecule has 0 bridgehead atoms. The smallest absolute Gasteiger partial charge is 0.251 e. The molecule has 21 heavy (non-hydrogen) atoms. The third-order valence-corrected chi connectivity index (χ3v) is 3.09. The lowest BCUT2D eigenvalue weighted by molar-refractivity contribution is 0.0900. The first-order valence-electron chi connectivity index (χ1n) is 6.97. The van der Waals surface area contributed by atoms with Gasteiger partial charge in [0.1, 0.15) is 12.7 Å². The molecule has 0 aliphatic carbocycles. The summed E-state index contributed by atoms with van der Waals surface area (Å²) in [7, 11) is 0. The van der Waals surface area contributed by atoms with E-state index in [1.807, 2.05) is 26.0 Å². The van der Waals surface area contributed by atoms with E-state index in [0.29, 0.717) is 17.9 Å². The van der Waals surface area contributed by atoms with E-state index in [0.717, 1.165) is 5.69 Å². The second-order valence-electron chi connectivity index (χ2n) is 5.41. The largest absolute Gasteiger partial charge is 0.391 e. The quantitative estimate of drug-likeness (QED) is 0.842. The predicted octanol–water partition coefficient (Wildman–Crippen LogP) is 1.40. The molecule has 2 aromatic rings. The molecule has 0 saturated carbocycles. The summed E-state index contributed by atoms with van der Waals surface area (Å²) >= 11 is 0. The summed E-state index contributed by atoms with van der Waals surface area (Å²) in [5.41, 5.74) is 1.44. The normalized spacial score (nSPS) is 12.4. The molecule has 0 spiro atoms. The number of rotatable bonds is 6. The molecule has 1 atom stereocenters. The molecular formula is C15H20N4O2. The van der Waals surface area contributed by atoms with E-state index in [1.54, 1.807) is 29.4 Å². The molecule has 1 unspecified atom stereocenters. The maximum atomic E-state index is 12.0. The van der Waals surface area contributed by atoms with Gasteiger partial charge >= 0.3 is 0 Å². The summed E-state index contributed by atoms with van der Waals surface area (Å²) < 4.78 is 1.76. The van der Waals surface area contributed by atoms with Crippen LogP contribution < -0.4 is 5.32 Å². The van der Waals surface area contributed by atoms with E-state index in [1.165, 1.54) is 0 Å². The number of nitrogens with zero attached hydrogens (tertiary/aromatic N) is 3. The topological polar surface area (TPSA) is 80.0 Å². The van der Waals surface area contributed by atoms with Crippen LogP contribution in [0.2, 0.25) is 0 Å². The Morgan fingerprint density at radius 2 is 1.86 bits per heavy atom. The van der Waals surface area contributed by atoms with Crippen molar-refractivity contribution in [2.24, 2.45) is 5.92 Å². The number of aliphatic hydroxyl groups excluding tert-OH is 1. The number of nitrogens with one attached hydrogen (secondary N) is 1. The number of benzene rings is 1. The average molecular weight is 288 g/mol. The Bertz CT molecular complexity index is 564. The SMILES string of the molecule is CC(C)CC(O)CNC(=O)c1ccc(-n2cnnc2)cc1. The van der Waals surface area contributed by atoms with Crippen LogP contribution >= 0.6 is 0 Å². The molecule has 0 aliphatic rings. The molecule has 1 amide bonds. The molecule has 2 N–H and O–H groups in total. The summed E-state index contributed by atoms with van der Waals surface area (Å²) in [4.78, 5) is 12.0. The monoisotopic (exact) mass is 288 g/mol. The van der Waals surface area contributed by atoms with E-state index >= 15 is 0 Å². The Morgan fingerprint density at radius 1 is 1.24 bits per heavy atom. The standard InChI is InChI=1S/C15H20N4O2/c1-11(2)7-14(20)8-16-15(21)12-3-5-13(6-4-12)19-9-17-18-10-19/h3-6,9-11,14,20H,7-8H2,1-2H3,(H,16,21). The lowest BCUT2D eigenvalue weighted by atomic mass is 10.1. The van der Waals surface area contributed by atoms with E-state index in [4.69, 9.17) is 0 Å². The van der Waals surface area contributed by atoms with Gasteiger partial charge in [0.15, 0.2) is 0 Å². The number of carbonyl (C=O) groups is 1. The minimum absolute atomic E-state index is 0.187. The minimum atomic E-state index is -0.509. The van der Waals surface area contributed by atoms with Gasteiger partial charge in [0.2, 0.25) is 0 Å². The number of hydrogen-bond donors (Lipinski definition) is 2. The Labute approximate surface area is 123 Å². The highest BCUT2D eigenvalue weighted by molar-refractivity contribution is 5.94. The van der Waals surface area contributed by atoms with Crippen LogP contribution in [-0.4, -0.2) is 38.4 Å². The van der Waals surface area contributed by atoms with Gasteiger partial charge in [-0.25, -0.2) is 0 Å². The molecule has 1 aromatic carbocycles. The molecule has 1 aromatic heterocycles. The van der Waals surface area contributed by atoms with Crippen LogP contribution in [0.1, 0.15) is 30.6 Å². The number of amides is 1. The van der Waals surface area contributed by atoms with Gasteiger partial charge in [0, 0.05) is 17.8 Å². The molecule has 2 rings (SSSR count). The van der Waals surface area contributed by atoms with Crippen LogP contribution in [0, 0.1) is 5.92 Å². The van der Waals surface area contributed by atoms with Gasteiger partial charge in [-0.3, -0.25) is 9.36 Å². The van der Waals surface area contributed by atoms with Crippen molar-refractivity contribution in [1.82, 2.24) is 20.1 Å². The molecule has 6 heteroatoms. The number of hydrogen-bond acceptors (Lipinski definition) is 4. The van der Waals surface area contributed by atoms with E-state index < -0.39 is 6.10 Å². The molecule has 6 nitrogen and oxygen atoms in total. The summed E-state index contributed by atoms with van der Waals surface area (Å²) in [5.74, 6) is 0.216. The second kappa shape index (κ2) is 6.99. The van der Waals surface area contributed by atoms with Gasteiger partial charge in [-0.1, -0.05) is 13.8 Å². The molecular weight excluding hydrogens is 268 g/mol. The maximum Gasteiger partial charge on any atom is 0.251 e. The van der Waals surface area contributed by atoms with Crippen molar-refractivity contribution in [3.63, 3.8) is 0 Å². The Morgan fingerprint density at radius 3 is 2.43 bits per heavy atom. The van der Waals surface area contributed by atoms with Crippen molar-refractivity contribution in [2.75, 3.05) is 6.54 Å². The van der Waals surface area contributed by atoms with Crippen LogP contribution in [0.4, 0.5) is 0 Å². The van der Waals surface area contributed by atoms with Crippen LogP contribution in [0.25, 0.3) is 5.69 Å². The molecule has 112 valence electrons. The van der Waals surface area contributed by atoms with Gasteiger partial charge in [0.05, 0.1) is 6.10 Å². The summed E-state index contributed by atoms with van der Waals surface area (Å²) in [6.45, 7) is 4.34. The molecule has 0 aliphatic heterocycles. The number of carbonyl (C=O) groups excluding carboxylic acids is 1. The third-order valence-electron chi connectivity index (χ3n) is 3.09. The highest BCUT2D eigenvalue weighted by Gasteiger charge is 2.10. The van der Waals surface area contributed by atoms with Gasteiger partial charge in [-0.15, -0.1) is 10.2 Å². The third kappa shape index (κ3) is 4.39. The lowest BCUT2D eigenvalue weighted by Crippen LogP contribution is -2.32. The van der Waals surface area contributed by atoms with Gasteiger partial charge in [-0.2, -0.15) is 0 Å². The zero-order valence-corrected chi connectivity index (χ0v) is 12.2. The first-order chi connectivity index (χ1) is 10.1. The zero-order valence-electron chi connectivity index (χ0n) is 12.2. The van der Waals surface area contributed by atoms with E-state index in [2.05, 4.69) is 15.5 Å². The molecule has 0 fully saturated rings. The minimum Gasteiger partial charge on any atom is -0.391 e. The number of aromatic nitrogens is 3. The van der Waals surface area contributed by atoms with Gasteiger partial charge in [-0.05, 0) is 36.6 Å². The van der Waals surface area contributed by atoms with Crippen molar-refractivity contribution in [2.45, 2.75) is 26.4 Å². The highest BCUT2D eigenvalue weighted by atomic mass is 16.3. The highest BCUT2D eigenvalue weighted by Crippen LogP contribution is 2.09. The van der Waals surface area contributed by atoms with Crippen molar-refractivity contribution in [1.29, 1.82) is 0 Å². The van der Waals surface area contributed by atoms with Crippen molar-refractivity contribution >= 4 is 5.91 Å². The molecule has 0 radical (unpaired) electrons. The van der Waals surface area contributed by atoms with Crippen LogP contribution in [-0.2, 0) is 0 Å². The summed E-state index contributed by atoms with van der Waals surface area (Å²) in [6, 6.07) is 7.12. The lowest BCUT2D eigenvalue weighted by Gasteiger charge is -2.14. The summed E-state index contributed by atoms with van der Waals surface area (Å²) in [5, 5.41) is 20.0. The van der Waals surface area contributed by atoms with Gasteiger partial charge < -0.3 is 10.4 Å². The first-order valence-corrected chi connectivity index (χ1v) is 6.97. The Hall–Kier alpha value is -2.21.